The molecule has 0 radical (unpaired) electrons. The molecule has 2 rings (SSSR count). The molecule has 0 aliphatic carbocycles. The molecular weight excluding hydrogens is 254 g/mol. The summed E-state index contributed by atoms with van der Waals surface area (Å²) in [6.07, 6.45) is 2.51. The molecule has 21 heavy (non-hydrogen) atoms. The van der Waals surface area contributed by atoms with Gasteiger partial charge in [0.2, 0.25) is 0 Å². The molecule has 0 spiro atoms. The van der Waals surface area contributed by atoms with Crippen LogP contribution in [0.3, 0.4) is 0 Å². The number of rotatable bonds is 8. The van der Waals surface area contributed by atoms with Crippen LogP contribution in [0.15, 0.2) is 60.7 Å². The van der Waals surface area contributed by atoms with Gasteiger partial charge in [0.1, 0.15) is 0 Å². The van der Waals surface area contributed by atoms with Crippen molar-refractivity contribution in [2.45, 2.75) is 32.6 Å². The second-order valence-electron chi connectivity index (χ2n) is 5.71. The molecule has 0 amide bonds. The van der Waals surface area contributed by atoms with Gasteiger partial charge in [-0.05, 0) is 23.6 Å². The van der Waals surface area contributed by atoms with E-state index in [4.69, 9.17) is 0 Å². The Bertz CT molecular complexity index is 448. The Morgan fingerprint density at radius 2 is 1.19 bits per heavy atom. The lowest BCUT2D eigenvalue weighted by atomic mass is 9.91. The van der Waals surface area contributed by atoms with Crippen LogP contribution in [0.4, 0.5) is 0 Å². The third kappa shape index (κ3) is 4.71. The standard InChI is InChI=1S/C20H27N/c1-3-17(4-2)15-21-16-20(18-11-7-5-8-12-18)19-13-9-6-10-14-19/h5-14,17,20-21H,3-4,15-16H2,1-2H3. The number of hydrogen-bond donors (Lipinski definition) is 1. The summed E-state index contributed by atoms with van der Waals surface area (Å²) >= 11 is 0. The van der Waals surface area contributed by atoms with Crippen LogP contribution in [0.25, 0.3) is 0 Å². The summed E-state index contributed by atoms with van der Waals surface area (Å²) in [6, 6.07) is 21.6. The van der Waals surface area contributed by atoms with Crippen LogP contribution >= 0.6 is 0 Å². The van der Waals surface area contributed by atoms with Crippen LogP contribution in [0.1, 0.15) is 43.7 Å². The van der Waals surface area contributed by atoms with Gasteiger partial charge in [0.15, 0.2) is 0 Å². The molecule has 0 fully saturated rings. The Kier molecular flexibility index (Phi) is 6.49. The van der Waals surface area contributed by atoms with Gasteiger partial charge < -0.3 is 5.32 Å². The van der Waals surface area contributed by atoms with Crippen molar-refractivity contribution in [3.63, 3.8) is 0 Å². The van der Waals surface area contributed by atoms with Gasteiger partial charge >= 0.3 is 0 Å². The quantitative estimate of drug-likeness (QED) is 0.729. The lowest BCUT2D eigenvalue weighted by molar-refractivity contribution is 0.445. The summed E-state index contributed by atoms with van der Waals surface area (Å²) in [5, 5.41) is 3.68. The molecule has 1 heteroatoms. The molecule has 0 aromatic heterocycles. The van der Waals surface area contributed by atoms with Crippen LogP contribution in [0.5, 0.6) is 0 Å². The molecule has 0 unspecified atom stereocenters. The van der Waals surface area contributed by atoms with E-state index in [1.165, 1.54) is 24.0 Å². The zero-order chi connectivity index (χ0) is 14.9. The fraction of sp³-hybridized carbons (Fsp3) is 0.400. The summed E-state index contributed by atoms with van der Waals surface area (Å²) in [4.78, 5) is 0. The first-order chi connectivity index (χ1) is 10.3. The molecular formula is C20H27N. The molecule has 112 valence electrons. The lowest BCUT2D eigenvalue weighted by Crippen LogP contribution is -2.27. The van der Waals surface area contributed by atoms with Gasteiger partial charge in [0.25, 0.3) is 0 Å². The van der Waals surface area contributed by atoms with E-state index in [-0.39, 0.29) is 0 Å². The van der Waals surface area contributed by atoms with Gasteiger partial charge in [-0.3, -0.25) is 0 Å². The van der Waals surface area contributed by atoms with Gasteiger partial charge in [-0.1, -0.05) is 87.4 Å². The highest BCUT2D eigenvalue weighted by atomic mass is 14.9. The highest BCUT2D eigenvalue weighted by Crippen LogP contribution is 2.23. The van der Waals surface area contributed by atoms with E-state index in [1.54, 1.807) is 0 Å². The molecule has 0 bridgehead atoms. The molecule has 0 heterocycles. The minimum Gasteiger partial charge on any atom is -0.316 e. The molecule has 1 nitrogen and oxygen atoms in total. The van der Waals surface area contributed by atoms with E-state index in [9.17, 15) is 0 Å². The Morgan fingerprint density at radius 1 is 0.714 bits per heavy atom. The number of benzene rings is 2. The zero-order valence-electron chi connectivity index (χ0n) is 13.3. The maximum Gasteiger partial charge on any atom is 0.0214 e. The predicted octanol–water partition coefficient (Wildman–Crippen LogP) is 4.84. The third-order valence-corrected chi connectivity index (χ3v) is 4.34. The van der Waals surface area contributed by atoms with E-state index >= 15 is 0 Å². The van der Waals surface area contributed by atoms with Gasteiger partial charge in [-0.2, -0.15) is 0 Å². The SMILES string of the molecule is CCC(CC)CNCC(c1ccccc1)c1ccccc1. The summed E-state index contributed by atoms with van der Waals surface area (Å²) in [5.41, 5.74) is 2.78. The molecule has 0 saturated heterocycles. The van der Waals surface area contributed by atoms with Crippen molar-refractivity contribution in [1.82, 2.24) is 5.32 Å². The molecule has 2 aromatic carbocycles. The van der Waals surface area contributed by atoms with Gasteiger partial charge in [0.05, 0.1) is 0 Å². The molecule has 0 saturated carbocycles. The first-order valence-electron chi connectivity index (χ1n) is 8.15. The smallest absolute Gasteiger partial charge is 0.0214 e. The summed E-state index contributed by atoms with van der Waals surface area (Å²) < 4.78 is 0. The molecule has 0 atom stereocenters. The first kappa shape index (κ1) is 15.8. The van der Waals surface area contributed by atoms with Gasteiger partial charge in [-0.25, -0.2) is 0 Å². The Balaban J connectivity index is 2.07. The minimum absolute atomic E-state index is 0.432. The van der Waals surface area contributed by atoms with Gasteiger partial charge in [0, 0.05) is 12.5 Å². The fourth-order valence-electron chi connectivity index (χ4n) is 2.81. The summed E-state index contributed by atoms with van der Waals surface area (Å²) in [5.74, 6) is 1.22. The maximum atomic E-state index is 3.68. The summed E-state index contributed by atoms with van der Waals surface area (Å²) in [6.45, 7) is 6.68. The second kappa shape index (κ2) is 8.63. The van der Waals surface area contributed by atoms with Gasteiger partial charge in [-0.15, -0.1) is 0 Å². The molecule has 2 aromatic rings. The van der Waals surface area contributed by atoms with Crippen molar-refractivity contribution < 1.29 is 0 Å². The van der Waals surface area contributed by atoms with E-state index in [0.29, 0.717) is 5.92 Å². The predicted molar refractivity (Wildman–Crippen MR) is 91.7 cm³/mol. The van der Waals surface area contributed by atoms with Crippen molar-refractivity contribution in [3.8, 4) is 0 Å². The van der Waals surface area contributed by atoms with Crippen LogP contribution in [0.2, 0.25) is 0 Å². The minimum atomic E-state index is 0.432. The van der Waals surface area contributed by atoms with E-state index in [0.717, 1.165) is 19.0 Å². The Labute approximate surface area is 129 Å². The summed E-state index contributed by atoms with van der Waals surface area (Å²) in [7, 11) is 0. The molecule has 1 N–H and O–H groups in total. The average Bonchev–Trinajstić information content (AvgIpc) is 2.57. The van der Waals surface area contributed by atoms with Crippen molar-refractivity contribution in [3.05, 3.63) is 71.8 Å². The number of nitrogens with one attached hydrogen (secondary N) is 1. The van der Waals surface area contributed by atoms with Crippen LogP contribution in [-0.2, 0) is 0 Å². The second-order valence-corrected chi connectivity index (χ2v) is 5.71. The number of hydrogen-bond acceptors (Lipinski definition) is 1. The maximum absolute atomic E-state index is 3.68. The Hall–Kier alpha value is -1.60. The van der Waals surface area contributed by atoms with E-state index in [2.05, 4.69) is 79.8 Å². The van der Waals surface area contributed by atoms with Crippen molar-refractivity contribution in [1.29, 1.82) is 0 Å². The van der Waals surface area contributed by atoms with Crippen LogP contribution in [-0.4, -0.2) is 13.1 Å². The fourth-order valence-corrected chi connectivity index (χ4v) is 2.81. The highest BCUT2D eigenvalue weighted by Gasteiger charge is 2.14. The van der Waals surface area contributed by atoms with Crippen molar-refractivity contribution in [2.75, 3.05) is 13.1 Å². The topological polar surface area (TPSA) is 12.0 Å². The van der Waals surface area contributed by atoms with E-state index < -0.39 is 0 Å². The van der Waals surface area contributed by atoms with E-state index in [1.807, 2.05) is 0 Å². The Morgan fingerprint density at radius 3 is 1.62 bits per heavy atom. The zero-order valence-corrected chi connectivity index (χ0v) is 13.3. The van der Waals surface area contributed by atoms with Crippen LogP contribution < -0.4 is 5.32 Å². The highest BCUT2D eigenvalue weighted by molar-refractivity contribution is 5.32. The lowest BCUT2D eigenvalue weighted by Gasteiger charge is -2.21. The van der Waals surface area contributed by atoms with Crippen molar-refractivity contribution >= 4 is 0 Å². The molecule has 0 aliphatic rings. The van der Waals surface area contributed by atoms with Crippen molar-refractivity contribution in [2.24, 2.45) is 5.92 Å². The average molecular weight is 281 g/mol. The normalized spacial score (nSPS) is 11.2. The largest absolute Gasteiger partial charge is 0.316 e. The monoisotopic (exact) mass is 281 g/mol. The molecule has 0 aliphatic heterocycles. The third-order valence-electron chi connectivity index (χ3n) is 4.34. The first-order valence-corrected chi connectivity index (χ1v) is 8.15. The van der Waals surface area contributed by atoms with Crippen LogP contribution in [0, 0.1) is 5.92 Å².